The minimum absolute atomic E-state index is 0.223. The third kappa shape index (κ3) is 7.60. The highest BCUT2D eigenvalue weighted by molar-refractivity contribution is 7.99. The molecule has 0 aliphatic carbocycles. The number of hydrogen-bond acceptors (Lipinski definition) is 7. The van der Waals surface area contributed by atoms with E-state index in [2.05, 4.69) is 32.1 Å². The first kappa shape index (κ1) is 27.2. The summed E-state index contributed by atoms with van der Waals surface area (Å²) in [5.41, 5.74) is 1.79. The molecule has 2 aliphatic rings. The van der Waals surface area contributed by atoms with Crippen LogP contribution in [0.15, 0.2) is 60.1 Å². The van der Waals surface area contributed by atoms with Gasteiger partial charge in [0.2, 0.25) is 0 Å². The van der Waals surface area contributed by atoms with Crippen LogP contribution in [0.1, 0.15) is 54.9 Å². The van der Waals surface area contributed by atoms with Crippen molar-refractivity contribution in [2.75, 3.05) is 31.5 Å². The predicted octanol–water partition coefficient (Wildman–Crippen LogP) is 5.43. The number of carbonyl (C=O) groups excluding carboxylic acids is 2. The first-order chi connectivity index (χ1) is 19.0. The van der Waals surface area contributed by atoms with Gasteiger partial charge < -0.3 is 19.9 Å². The van der Waals surface area contributed by atoms with Crippen molar-refractivity contribution >= 4 is 29.6 Å². The molecule has 2 N–H and O–H groups in total. The molecule has 3 aromatic rings. The van der Waals surface area contributed by atoms with E-state index in [0.717, 1.165) is 37.6 Å². The van der Waals surface area contributed by atoms with E-state index >= 15 is 0 Å². The van der Waals surface area contributed by atoms with Crippen molar-refractivity contribution in [1.29, 1.82) is 0 Å². The normalized spacial score (nSPS) is 17.5. The summed E-state index contributed by atoms with van der Waals surface area (Å²) in [6, 6.07) is 11.0. The third-order valence-corrected chi connectivity index (χ3v) is 8.69. The number of carbonyl (C=O) groups is 2. The molecule has 1 atom stereocenters. The minimum Gasteiger partial charge on any atom is -0.409 e. The second-order valence-corrected chi connectivity index (χ2v) is 11.6. The number of hydrogen-bond donors (Lipinski definition) is 2. The fraction of sp³-hybridized carbons (Fsp3) is 0.448. The van der Waals surface area contributed by atoms with Gasteiger partial charge in [-0.3, -0.25) is 9.69 Å². The Morgan fingerprint density at radius 2 is 1.82 bits per heavy atom. The van der Waals surface area contributed by atoms with Gasteiger partial charge in [-0.15, -0.1) is 0 Å². The number of aromatic nitrogens is 3. The largest absolute Gasteiger partial charge is 0.415 e. The number of amides is 2. The number of pyridine rings is 1. The number of nitrogens with one attached hydrogen (secondary N) is 2. The summed E-state index contributed by atoms with van der Waals surface area (Å²) in [5.74, 6) is 1.05. The summed E-state index contributed by atoms with van der Waals surface area (Å²) in [6.45, 7) is 6.73. The number of nitrogens with zero attached hydrogens (tertiary/aromatic N) is 4. The van der Waals surface area contributed by atoms with E-state index in [1.807, 2.05) is 30.5 Å². The van der Waals surface area contributed by atoms with Crippen molar-refractivity contribution < 1.29 is 14.3 Å². The quantitative estimate of drug-likeness (QED) is 0.362. The van der Waals surface area contributed by atoms with Crippen molar-refractivity contribution in [1.82, 2.24) is 24.8 Å². The second-order valence-electron chi connectivity index (χ2n) is 10.3. The lowest BCUT2D eigenvalue weighted by Gasteiger charge is -2.33. The Balaban J connectivity index is 1.06. The van der Waals surface area contributed by atoms with Gasteiger partial charge in [-0.2, -0.15) is 0 Å². The molecule has 2 amide bonds. The van der Waals surface area contributed by atoms with Crippen LogP contribution >= 0.6 is 11.8 Å². The lowest BCUT2D eigenvalue weighted by atomic mass is 9.94. The number of likely N-dealkylation sites (tertiary alicyclic amines) is 2. The maximum absolute atomic E-state index is 12.7. The number of H-pyrrole nitrogens is 1. The fourth-order valence-electron chi connectivity index (χ4n) is 5.14. The zero-order valence-electron chi connectivity index (χ0n) is 22.3. The summed E-state index contributed by atoms with van der Waals surface area (Å²) in [6.07, 6.45) is 10.4. The zero-order valence-corrected chi connectivity index (χ0v) is 23.2. The van der Waals surface area contributed by atoms with Gasteiger partial charge in [-0.05, 0) is 74.5 Å². The second kappa shape index (κ2) is 13.1. The van der Waals surface area contributed by atoms with E-state index in [1.165, 1.54) is 31.0 Å². The maximum atomic E-state index is 12.7. The summed E-state index contributed by atoms with van der Waals surface area (Å²) < 4.78 is 5.54. The van der Waals surface area contributed by atoms with Gasteiger partial charge in [0.15, 0.2) is 10.9 Å². The molecule has 10 heteroatoms. The van der Waals surface area contributed by atoms with Crippen LogP contribution in [0, 0.1) is 5.92 Å². The Morgan fingerprint density at radius 3 is 2.49 bits per heavy atom. The first-order valence-corrected chi connectivity index (χ1v) is 14.6. The lowest BCUT2D eigenvalue weighted by molar-refractivity contribution is 0.102. The van der Waals surface area contributed by atoms with E-state index < -0.39 is 0 Å². The molecule has 0 saturated carbocycles. The van der Waals surface area contributed by atoms with Crippen LogP contribution in [0.25, 0.3) is 0 Å². The average Bonchev–Trinajstić information content (AvgIpc) is 3.48. The Morgan fingerprint density at radius 1 is 1.05 bits per heavy atom. The smallest absolute Gasteiger partial charge is 0.409 e. The molecule has 9 nitrogen and oxygen atoms in total. The highest BCUT2D eigenvalue weighted by atomic mass is 32.2. The topological polar surface area (TPSA) is 103 Å². The predicted molar refractivity (Wildman–Crippen MR) is 152 cm³/mol. The molecule has 0 radical (unpaired) electrons. The van der Waals surface area contributed by atoms with Crippen LogP contribution in [-0.4, -0.2) is 68.2 Å². The molecular formula is C29H36N6O3S. The van der Waals surface area contributed by atoms with Crippen LogP contribution in [0.2, 0.25) is 0 Å². The molecule has 0 spiro atoms. The van der Waals surface area contributed by atoms with Crippen LogP contribution in [-0.2, 0) is 6.54 Å². The number of piperidine rings is 2. The number of ether oxygens (including phenoxy) is 1. The van der Waals surface area contributed by atoms with Gasteiger partial charge in [0.25, 0.3) is 5.91 Å². The van der Waals surface area contributed by atoms with Crippen molar-refractivity contribution in [3.63, 3.8) is 0 Å². The third-order valence-electron chi connectivity index (χ3n) is 7.49. The number of anilines is 1. The highest BCUT2D eigenvalue weighted by Crippen LogP contribution is 2.32. The summed E-state index contributed by atoms with van der Waals surface area (Å²) in [4.78, 5) is 41.3. The molecule has 5 rings (SSSR count). The molecule has 0 bridgehead atoms. The van der Waals surface area contributed by atoms with E-state index in [1.54, 1.807) is 35.0 Å². The molecular weight excluding hydrogens is 512 g/mol. The van der Waals surface area contributed by atoms with Crippen molar-refractivity contribution in [3.05, 3.63) is 66.1 Å². The molecule has 1 unspecified atom stereocenters. The van der Waals surface area contributed by atoms with Crippen molar-refractivity contribution in [3.8, 4) is 5.75 Å². The van der Waals surface area contributed by atoms with E-state index in [0.29, 0.717) is 41.4 Å². The van der Waals surface area contributed by atoms with E-state index in [4.69, 9.17) is 4.74 Å². The number of imidazole rings is 1. The Kier molecular flexibility index (Phi) is 9.15. The van der Waals surface area contributed by atoms with Gasteiger partial charge in [-0.25, -0.2) is 14.8 Å². The summed E-state index contributed by atoms with van der Waals surface area (Å²) in [7, 11) is 0. The van der Waals surface area contributed by atoms with Crippen LogP contribution in [0.5, 0.6) is 5.75 Å². The van der Waals surface area contributed by atoms with Crippen molar-refractivity contribution in [2.45, 2.75) is 56.0 Å². The monoisotopic (exact) mass is 548 g/mol. The molecule has 2 fully saturated rings. The molecule has 2 aliphatic heterocycles. The van der Waals surface area contributed by atoms with Crippen LogP contribution < -0.4 is 10.1 Å². The summed E-state index contributed by atoms with van der Waals surface area (Å²) in [5, 5.41) is 4.16. The Bertz CT molecular complexity index is 1200. The molecule has 206 valence electrons. The highest BCUT2D eigenvalue weighted by Gasteiger charge is 2.28. The Hall–Kier alpha value is -3.37. The lowest BCUT2D eigenvalue weighted by Crippen LogP contribution is -2.41. The number of benzene rings is 1. The number of thioether (sulfide) groups is 1. The average molecular weight is 549 g/mol. The summed E-state index contributed by atoms with van der Waals surface area (Å²) >= 11 is 1.74. The first-order valence-electron chi connectivity index (χ1n) is 13.7. The fourth-order valence-corrected chi connectivity index (χ4v) is 6.22. The Labute approximate surface area is 233 Å². The van der Waals surface area contributed by atoms with Gasteiger partial charge in [0, 0.05) is 42.8 Å². The zero-order chi connectivity index (χ0) is 27.0. The van der Waals surface area contributed by atoms with Gasteiger partial charge in [0.05, 0.1) is 6.20 Å². The molecule has 4 heterocycles. The van der Waals surface area contributed by atoms with Gasteiger partial charge >= 0.3 is 6.09 Å². The van der Waals surface area contributed by atoms with Crippen molar-refractivity contribution in [2.24, 2.45) is 5.92 Å². The molecule has 1 aromatic carbocycles. The van der Waals surface area contributed by atoms with E-state index in [-0.39, 0.29) is 12.0 Å². The van der Waals surface area contributed by atoms with Crippen LogP contribution in [0.4, 0.5) is 10.6 Å². The number of rotatable bonds is 8. The molecule has 2 aromatic heterocycles. The standard InChI is InChI=1S/C29H36N6O3S/c1-21(39-28-30-13-14-31-28)23-11-17-35(18-12-23)29(37)38-25-9-10-26(32-19-25)33-27(36)24-7-5-22(6-8-24)20-34-15-3-2-4-16-34/h5-10,13-14,19,21,23H,2-4,11-12,15-18,20H2,1H3,(H,30,31)(H,32,33,36). The van der Waals surface area contributed by atoms with Gasteiger partial charge in [-0.1, -0.05) is 37.2 Å². The van der Waals surface area contributed by atoms with Crippen LogP contribution in [0.3, 0.4) is 0 Å². The minimum atomic E-state index is -0.372. The van der Waals surface area contributed by atoms with Gasteiger partial charge in [0.1, 0.15) is 5.82 Å². The van der Waals surface area contributed by atoms with E-state index in [9.17, 15) is 9.59 Å². The molecule has 2 saturated heterocycles. The number of aromatic amines is 1. The SMILES string of the molecule is CC(Sc1ncc[nH]1)C1CCN(C(=O)Oc2ccc(NC(=O)c3ccc(CN4CCCCC4)cc3)nc2)CC1. The molecule has 39 heavy (non-hydrogen) atoms. The maximum Gasteiger partial charge on any atom is 0.415 e.